The van der Waals surface area contributed by atoms with Crippen molar-refractivity contribution in [2.45, 2.75) is 45.4 Å². The Morgan fingerprint density at radius 3 is 2.38 bits per heavy atom. The Hall–Kier alpha value is -1.76. The number of alkyl halides is 3. The third kappa shape index (κ3) is 7.68. The highest BCUT2D eigenvalue weighted by Crippen LogP contribution is 2.24. The number of hydrogen-bond donors (Lipinski definition) is 2. The Morgan fingerprint density at radius 2 is 1.92 bits per heavy atom. The van der Waals surface area contributed by atoms with E-state index < -0.39 is 18.2 Å². The lowest BCUT2D eigenvalue weighted by Gasteiger charge is -2.18. The molecule has 2 atom stereocenters. The number of carboxylic acids is 1. The molecule has 3 N–H and O–H groups in total. The summed E-state index contributed by atoms with van der Waals surface area (Å²) in [5, 5.41) is 9.06. The number of carboxylic acid groups (broad SMARTS) is 1. The molecule has 1 aromatic rings. The minimum absolute atomic E-state index is 0.131. The zero-order valence-corrected chi connectivity index (χ0v) is 13.7. The standard InChI is InChI=1S/C17H24F3NO3/c1-2-12(10-14(11-21)16(22)23)4-3-5-13-6-8-15(9-7-13)24-17(18,19)20/h6-9,12,14H,2-5,10-11,21H2,1H3,(H,22,23). The van der Waals surface area contributed by atoms with E-state index in [2.05, 4.69) is 4.74 Å². The van der Waals surface area contributed by atoms with E-state index in [1.54, 1.807) is 12.1 Å². The van der Waals surface area contributed by atoms with E-state index in [0.717, 1.165) is 31.2 Å². The Labute approximate surface area is 139 Å². The molecule has 1 rings (SSSR count). The predicted octanol–water partition coefficient (Wildman–Crippen LogP) is 3.98. The van der Waals surface area contributed by atoms with Crippen LogP contribution in [0.15, 0.2) is 24.3 Å². The van der Waals surface area contributed by atoms with Gasteiger partial charge < -0.3 is 15.6 Å². The monoisotopic (exact) mass is 347 g/mol. The molecule has 0 spiro atoms. The fourth-order valence-corrected chi connectivity index (χ4v) is 2.64. The van der Waals surface area contributed by atoms with Crippen LogP contribution in [-0.2, 0) is 11.2 Å². The minimum Gasteiger partial charge on any atom is -0.481 e. The minimum atomic E-state index is -4.68. The van der Waals surface area contributed by atoms with Gasteiger partial charge in [-0.1, -0.05) is 31.9 Å². The van der Waals surface area contributed by atoms with Gasteiger partial charge in [0.1, 0.15) is 5.75 Å². The van der Waals surface area contributed by atoms with Gasteiger partial charge in [-0.2, -0.15) is 0 Å². The highest BCUT2D eigenvalue weighted by Gasteiger charge is 2.30. The summed E-state index contributed by atoms with van der Waals surface area (Å²) in [4.78, 5) is 11.0. The van der Waals surface area contributed by atoms with Crippen LogP contribution in [0.25, 0.3) is 0 Å². The van der Waals surface area contributed by atoms with Crippen molar-refractivity contribution in [1.82, 2.24) is 0 Å². The zero-order chi connectivity index (χ0) is 18.2. The third-order valence-electron chi connectivity index (χ3n) is 4.06. The van der Waals surface area contributed by atoms with Gasteiger partial charge in [-0.05, 0) is 42.9 Å². The summed E-state index contributed by atoms with van der Waals surface area (Å²) < 4.78 is 40.1. The molecule has 24 heavy (non-hydrogen) atoms. The summed E-state index contributed by atoms with van der Waals surface area (Å²) in [6, 6.07) is 5.83. The summed E-state index contributed by atoms with van der Waals surface area (Å²) in [6.45, 7) is 2.15. The fraction of sp³-hybridized carbons (Fsp3) is 0.588. The summed E-state index contributed by atoms with van der Waals surface area (Å²) in [7, 11) is 0. The molecule has 0 radical (unpaired) electrons. The van der Waals surface area contributed by atoms with E-state index in [9.17, 15) is 18.0 Å². The molecule has 0 heterocycles. The first kappa shape index (κ1) is 20.3. The first-order chi connectivity index (χ1) is 11.2. The Balaban J connectivity index is 2.43. The molecule has 0 aliphatic carbocycles. The van der Waals surface area contributed by atoms with Crippen LogP contribution in [0.3, 0.4) is 0 Å². The smallest absolute Gasteiger partial charge is 0.481 e. The molecule has 0 saturated carbocycles. The highest BCUT2D eigenvalue weighted by atomic mass is 19.4. The van der Waals surface area contributed by atoms with Crippen LogP contribution in [0, 0.1) is 11.8 Å². The normalized spacial score (nSPS) is 14.2. The average Bonchev–Trinajstić information content (AvgIpc) is 2.50. The second-order valence-corrected chi connectivity index (χ2v) is 5.86. The van der Waals surface area contributed by atoms with E-state index in [0.29, 0.717) is 6.42 Å². The van der Waals surface area contributed by atoms with Gasteiger partial charge in [0, 0.05) is 6.54 Å². The van der Waals surface area contributed by atoms with Crippen molar-refractivity contribution in [3.8, 4) is 5.75 Å². The number of halogens is 3. The number of nitrogens with two attached hydrogens (primary N) is 1. The lowest BCUT2D eigenvalue weighted by molar-refractivity contribution is -0.274. The van der Waals surface area contributed by atoms with E-state index in [1.807, 2.05) is 6.92 Å². The summed E-state index contributed by atoms with van der Waals surface area (Å²) in [5.74, 6) is -1.34. The number of rotatable bonds is 10. The second-order valence-electron chi connectivity index (χ2n) is 5.86. The van der Waals surface area contributed by atoms with Crippen molar-refractivity contribution >= 4 is 5.97 Å². The van der Waals surface area contributed by atoms with Gasteiger partial charge in [-0.25, -0.2) is 0 Å². The molecule has 1 aromatic carbocycles. The third-order valence-corrected chi connectivity index (χ3v) is 4.06. The number of ether oxygens (including phenoxy) is 1. The van der Waals surface area contributed by atoms with Gasteiger partial charge in [0.15, 0.2) is 0 Å². The van der Waals surface area contributed by atoms with Crippen molar-refractivity contribution in [3.05, 3.63) is 29.8 Å². The van der Waals surface area contributed by atoms with Crippen LogP contribution in [0.1, 0.15) is 38.2 Å². The maximum atomic E-state index is 12.1. The van der Waals surface area contributed by atoms with Gasteiger partial charge in [-0.15, -0.1) is 13.2 Å². The number of aliphatic carboxylic acids is 1. The first-order valence-electron chi connectivity index (χ1n) is 8.02. The maximum Gasteiger partial charge on any atom is 0.573 e. The molecule has 4 nitrogen and oxygen atoms in total. The number of hydrogen-bond acceptors (Lipinski definition) is 3. The largest absolute Gasteiger partial charge is 0.573 e. The Morgan fingerprint density at radius 1 is 1.29 bits per heavy atom. The number of aryl methyl sites for hydroxylation is 1. The van der Waals surface area contributed by atoms with Gasteiger partial charge in [0.2, 0.25) is 0 Å². The van der Waals surface area contributed by atoms with Gasteiger partial charge in [0.25, 0.3) is 0 Å². The Kier molecular flexibility index (Phi) is 8.04. The van der Waals surface area contributed by atoms with Gasteiger partial charge >= 0.3 is 12.3 Å². The first-order valence-corrected chi connectivity index (χ1v) is 8.02. The maximum absolute atomic E-state index is 12.1. The molecule has 7 heteroatoms. The topological polar surface area (TPSA) is 72.5 Å². The number of carbonyl (C=O) groups is 1. The van der Waals surface area contributed by atoms with E-state index in [1.165, 1.54) is 12.1 Å². The quantitative estimate of drug-likeness (QED) is 0.671. The molecule has 0 amide bonds. The van der Waals surface area contributed by atoms with Crippen molar-refractivity contribution in [1.29, 1.82) is 0 Å². The molecule has 2 unspecified atom stereocenters. The van der Waals surface area contributed by atoms with Crippen LogP contribution >= 0.6 is 0 Å². The summed E-state index contributed by atoms with van der Waals surface area (Å²) in [5.41, 5.74) is 6.41. The molecular formula is C17H24F3NO3. The van der Waals surface area contributed by atoms with E-state index in [4.69, 9.17) is 10.8 Å². The van der Waals surface area contributed by atoms with Crippen LogP contribution in [0.4, 0.5) is 13.2 Å². The highest BCUT2D eigenvalue weighted by molar-refractivity contribution is 5.70. The zero-order valence-electron chi connectivity index (χ0n) is 13.7. The van der Waals surface area contributed by atoms with Crippen molar-refractivity contribution < 1.29 is 27.8 Å². The van der Waals surface area contributed by atoms with Gasteiger partial charge in [0.05, 0.1) is 5.92 Å². The van der Waals surface area contributed by atoms with E-state index >= 15 is 0 Å². The fourth-order valence-electron chi connectivity index (χ4n) is 2.64. The lowest BCUT2D eigenvalue weighted by atomic mass is 9.88. The van der Waals surface area contributed by atoms with Crippen molar-refractivity contribution in [2.24, 2.45) is 17.6 Å². The molecule has 136 valence electrons. The van der Waals surface area contributed by atoms with Gasteiger partial charge in [-0.3, -0.25) is 4.79 Å². The molecule has 0 saturated heterocycles. The SMILES string of the molecule is CCC(CCCc1ccc(OC(F)(F)F)cc1)CC(CN)C(=O)O. The average molecular weight is 347 g/mol. The number of benzene rings is 1. The molecule has 0 aromatic heterocycles. The molecule has 0 aliphatic rings. The van der Waals surface area contributed by atoms with Crippen LogP contribution in [0.2, 0.25) is 0 Å². The summed E-state index contributed by atoms with van der Waals surface area (Å²) in [6.07, 6.45) is -0.818. The van der Waals surface area contributed by atoms with Crippen molar-refractivity contribution in [2.75, 3.05) is 6.54 Å². The summed E-state index contributed by atoms with van der Waals surface area (Å²) >= 11 is 0. The van der Waals surface area contributed by atoms with Crippen LogP contribution < -0.4 is 10.5 Å². The van der Waals surface area contributed by atoms with E-state index in [-0.39, 0.29) is 18.2 Å². The lowest BCUT2D eigenvalue weighted by Crippen LogP contribution is -2.25. The molecule has 0 fully saturated rings. The molecule has 0 aliphatic heterocycles. The predicted molar refractivity (Wildman–Crippen MR) is 84.6 cm³/mol. The second kappa shape index (κ2) is 9.52. The van der Waals surface area contributed by atoms with Crippen molar-refractivity contribution in [3.63, 3.8) is 0 Å². The Bertz CT molecular complexity index is 503. The molecular weight excluding hydrogens is 323 g/mol. The van der Waals surface area contributed by atoms with Crippen LogP contribution in [-0.4, -0.2) is 24.0 Å². The van der Waals surface area contributed by atoms with Crippen LogP contribution in [0.5, 0.6) is 5.75 Å². The molecule has 0 bridgehead atoms.